The summed E-state index contributed by atoms with van der Waals surface area (Å²) in [6, 6.07) is 9.01. The maximum absolute atomic E-state index is 11.0. The van der Waals surface area contributed by atoms with Crippen LogP contribution in [0.25, 0.3) is 0 Å². The van der Waals surface area contributed by atoms with E-state index in [0.29, 0.717) is 23.4 Å². The summed E-state index contributed by atoms with van der Waals surface area (Å²) < 4.78 is 0. The van der Waals surface area contributed by atoms with Crippen molar-refractivity contribution in [2.75, 3.05) is 10.6 Å². The molecule has 120 valence electrons. The van der Waals surface area contributed by atoms with Crippen LogP contribution < -0.4 is 10.6 Å². The molecule has 2 aromatic rings. The number of carboxylic acids is 1. The van der Waals surface area contributed by atoms with Crippen molar-refractivity contribution in [3.8, 4) is 0 Å². The first-order valence-electron chi connectivity index (χ1n) is 7.83. The summed E-state index contributed by atoms with van der Waals surface area (Å²) >= 11 is 0. The first kappa shape index (κ1) is 15.3. The van der Waals surface area contributed by atoms with Crippen molar-refractivity contribution >= 4 is 23.3 Å². The number of anilines is 3. The highest BCUT2D eigenvalue weighted by molar-refractivity contribution is 5.89. The van der Waals surface area contributed by atoms with Gasteiger partial charge in [0, 0.05) is 17.8 Å². The molecule has 0 bridgehead atoms. The number of nitrogens with one attached hydrogen (secondary N) is 2. The zero-order chi connectivity index (χ0) is 16.2. The summed E-state index contributed by atoms with van der Waals surface area (Å²) in [5, 5.41) is 15.7. The fourth-order valence-corrected chi connectivity index (χ4v) is 2.86. The third kappa shape index (κ3) is 3.97. The van der Waals surface area contributed by atoms with Crippen molar-refractivity contribution in [1.82, 2.24) is 9.97 Å². The molecule has 6 nitrogen and oxygen atoms in total. The molecule has 1 aliphatic rings. The second-order valence-electron chi connectivity index (χ2n) is 5.82. The predicted octanol–water partition coefficient (Wildman–Crippen LogP) is 3.58. The molecule has 1 aliphatic carbocycles. The van der Waals surface area contributed by atoms with E-state index in [1.807, 2.05) is 19.1 Å². The van der Waals surface area contributed by atoms with Crippen LogP contribution in [0, 0.1) is 6.92 Å². The number of nitrogens with zero attached hydrogens (tertiary/aromatic N) is 2. The van der Waals surface area contributed by atoms with E-state index in [2.05, 4.69) is 20.6 Å². The van der Waals surface area contributed by atoms with Crippen molar-refractivity contribution in [1.29, 1.82) is 0 Å². The highest BCUT2D eigenvalue weighted by atomic mass is 16.4. The topological polar surface area (TPSA) is 87.1 Å². The number of aryl methyl sites for hydroxylation is 1. The fourth-order valence-electron chi connectivity index (χ4n) is 2.86. The van der Waals surface area contributed by atoms with Crippen LogP contribution in [0.3, 0.4) is 0 Å². The minimum atomic E-state index is -0.948. The molecule has 1 aromatic carbocycles. The number of hydrogen-bond donors (Lipinski definition) is 3. The second-order valence-corrected chi connectivity index (χ2v) is 5.82. The summed E-state index contributed by atoms with van der Waals surface area (Å²) in [5.41, 5.74) is 0.930. The van der Waals surface area contributed by atoms with Gasteiger partial charge in [0.05, 0.1) is 5.56 Å². The second kappa shape index (κ2) is 6.64. The van der Waals surface area contributed by atoms with Crippen LogP contribution in [0.4, 0.5) is 17.3 Å². The van der Waals surface area contributed by atoms with Gasteiger partial charge in [-0.15, -0.1) is 0 Å². The van der Waals surface area contributed by atoms with Gasteiger partial charge in [-0.25, -0.2) is 14.8 Å². The molecular formula is C17H20N4O2. The average Bonchev–Trinajstić information content (AvgIpc) is 2.99. The Hall–Kier alpha value is -2.63. The summed E-state index contributed by atoms with van der Waals surface area (Å²) in [6.07, 6.45) is 4.86. The molecule has 0 radical (unpaired) electrons. The van der Waals surface area contributed by atoms with E-state index in [-0.39, 0.29) is 5.56 Å². The van der Waals surface area contributed by atoms with Crippen LogP contribution in [0.15, 0.2) is 30.3 Å². The lowest BCUT2D eigenvalue weighted by molar-refractivity contribution is 0.0697. The van der Waals surface area contributed by atoms with E-state index in [0.717, 1.165) is 5.82 Å². The molecule has 3 rings (SSSR count). The highest BCUT2D eigenvalue weighted by Crippen LogP contribution is 2.23. The molecule has 1 saturated carbocycles. The lowest BCUT2D eigenvalue weighted by Crippen LogP contribution is -2.16. The van der Waals surface area contributed by atoms with Crippen LogP contribution >= 0.6 is 0 Å². The van der Waals surface area contributed by atoms with Crippen molar-refractivity contribution in [2.45, 2.75) is 38.6 Å². The van der Waals surface area contributed by atoms with Gasteiger partial charge < -0.3 is 15.7 Å². The molecule has 0 unspecified atom stereocenters. The monoisotopic (exact) mass is 312 g/mol. The molecule has 1 aromatic heterocycles. The van der Waals surface area contributed by atoms with Crippen LogP contribution in [0.2, 0.25) is 0 Å². The fraction of sp³-hybridized carbons (Fsp3) is 0.353. The van der Waals surface area contributed by atoms with Crippen LogP contribution in [0.5, 0.6) is 0 Å². The number of rotatable bonds is 5. The minimum absolute atomic E-state index is 0.241. The van der Waals surface area contributed by atoms with Crippen molar-refractivity contribution < 1.29 is 9.90 Å². The summed E-state index contributed by atoms with van der Waals surface area (Å²) in [6.45, 7) is 1.85. The summed E-state index contributed by atoms with van der Waals surface area (Å²) in [5.74, 6) is 1.18. The predicted molar refractivity (Wildman–Crippen MR) is 89.3 cm³/mol. The van der Waals surface area contributed by atoms with E-state index in [1.54, 1.807) is 18.2 Å². The van der Waals surface area contributed by atoms with Gasteiger partial charge in [0.1, 0.15) is 17.5 Å². The maximum Gasteiger partial charge on any atom is 0.335 e. The third-order valence-corrected chi connectivity index (χ3v) is 3.93. The Morgan fingerprint density at radius 3 is 2.65 bits per heavy atom. The number of carbonyl (C=O) groups is 1. The molecule has 1 heterocycles. The van der Waals surface area contributed by atoms with Crippen LogP contribution in [-0.4, -0.2) is 27.1 Å². The minimum Gasteiger partial charge on any atom is -0.478 e. The van der Waals surface area contributed by atoms with Crippen molar-refractivity contribution in [3.63, 3.8) is 0 Å². The van der Waals surface area contributed by atoms with Gasteiger partial charge in [-0.2, -0.15) is 0 Å². The molecule has 0 spiro atoms. The lowest BCUT2D eigenvalue weighted by atomic mass is 10.2. The Labute approximate surface area is 135 Å². The third-order valence-electron chi connectivity index (χ3n) is 3.93. The molecule has 0 saturated heterocycles. The summed E-state index contributed by atoms with van der Waals surface area (Å²) in [7, 11) is 0. The van der Waals surface area contributed by atoms with E-state index >= 15 is 0 Å². The first-order chi connectivity index (χ1) is 11.1. The van der Waals surface area contributed by atoms with E-state index in [4.69, 9.17) is 5.11 Å². The van der Waals surface area contributed by atoms with Gasteiger partial charge in [0.2, 0.25) is 0 Å². The van der Waals surface area contributed by atoms with E-state index in [1.165, 1.54) is 25.7 Å². The quantitative estimate of drug-likeness (QED) is 0.782. The summed E-state index contributed by atoms with van der Waals surface area (Å²) in [4.78, 5) is 19.8. The van der Waals surface area contributed by atoms with Gasteiger partial charge in [-0.1, -0.05) is 18.9 Å². The van der Waals surface area contributed by atoms with Crippen molar-refractivity contribution in [2.24, 2.45) is 0 Å². The molecule has 6 heteroatoms. The van der Waals surface area contributed by atoms with Gasteiger partial charge in [-0.05, 0) is 38.0 Å². The smallest absolute Gasteiger partial charge is 0.335 e. The number of hydrogen-bond acceptors (Lipinski definition) is 5. The number of carboxylic acid groups (broad SMARTS) is 1. The Morgan fingerprint density at radius 1 is 1.17 bits per heavy atom. The molecule has 23 heavy (non-hydrogen) atoms. The molecule has 0 amide bonds. The molecule has 0 aliphatic heterocycles. The number of aromatic carboxylic acids is 1. The van der Waals surface area contributed by atoms with E-state index in [9.17, 15) is 4.79 Å². The van der Waals surface area contributed by atoms with Gasteiger partial charge in [-0.3, -0.25) is 0 Å². The normalized spacial score (nSPS) is 14.7. The zero-order valence-corrected chi connectivity index (χ0v) is 13.0. The number of aromatic nitrogens is 2. The molecule has 1 fully saturated rings. The molecule has 3 N–H and O–H groups in total. The standard InChI is InChI=1S/C17H20N4O2/c1-11-18-15(20-13-6-2-3-7-13)10-16(19-11)21-14-8-4-5-12(9-14)17(22)23/h4-5,8-10,13H,2-3,6-7H2,1H3,(H,22,23)(H2,18,19,20,21). The first-order valence-corrected chi connectivity index (χ1v) is 7.83. The van der Waals surface area contributed by atoms with E-state index < -0.39 is 5.97 Å². The Morgan fingerprint density at radius 2 is 1.91 bits per heavy atom. The maximum atomic E-state index is 11.0. The van der Waals surface area contributed by atoms with Crippen LogP contribution in [-0.2, 0) is 0 Å². The zero-order valence-electron chi connectivity index (χ0n) is 13.0. The van der Waals surface area contributed by atoms with Gasteiger partial charge in [0.15, 0.2) is 0 Å². The Balaban J connectivity index is 1.78. The van der Waals surface area contributed by atoms with Gasteiger partial charge >= 0.3 is 5.97 Å². The van der Waals surface area contributed by atoms with Crippen molar-refractivity contribution in [3.05, 3.63) is 41.7 Å². The largest absolute Gasteiger partial charge is 0.478 e. The Kier molecular flexibility index (Phi) is 4.41. The molecular weight excluding hydrogens is 292 g/mol. The van der Waals surface area contributed by atoms with Gasteiger partial charge in [0.25, 0.3) is 0 Å². The number of benzene rings is 1. The average molecular weight is 312 g/mol. The Bertz CT molecular complexity index is 711. The molecule has 0 atom stereocenters. The van der Waals surface area contributed by atoms with Crippen LogP contribution in [0.1, 0.15) is 41.9 Å². The SMILES string of the molecule is Cc1nc(Nc2cccc(C(=O)O)c2)cc(NC2CCCC2)n1. The lowest BCUT2D eigenvalue weighted by Gasteiger charge is -2.14. The highest BCUT2D eigenvalue weighted by Gasteiger charge is 2.15.